The second-order valence-electron chi connectivity index (χ2n) is 4.14. The molecule has 1 unspecified atom stereocenters. The predicted molar refractivity (Wildman–Crippen MR) is 68.1 cm³/mol. The molecule has 0 saturated carbocycles. The quantitative estimate of drug-likeness (QED) is 0.819. The minimum atomic E-state index is -0.239. The Morgan fingerprint density at radius 2 is 2.00 bits per heavy atom. The Bertz CT molecular complexity index is 418. The molecule has 4 heteroatoms. The van der Waals surface area contributed by atoms with E-state index in [2.05, 4.69) is 5.32 Å². The molecular formula is C13H16ClNO2. The van der Waals surface area contributed by atoms with E-state index in [1.54, 1.807) is 0 Å². The Labute approximate surface area is 106 Å². The first-order chi connectivity index (χ1) is 7.99. The summed E-state index contributed by atoms with van der Waals surface area (Å²) in [6, 6.07) is 7.48. The highest BCUT2D eigenvalue weighted by Crippen LogP contribution is 2.16. The van der Waals surface area contributed by atoms with Crippen molar-refractivity contribution in [3.8, 4) is 0 Å². The summed E-state index contributed by atoms with van der Waals surface area (Å²) in [5, 5.41) is 3.46. The van der Waals surface area contributed by atoms with Crippen LogP contribution in [0, 0.1) is 0 Å². The minimum absolute atomic E-state index is 0.0400. The Hall–Kier alpha value is -1.35. The van der Waals surface area contributed by atoms with Crippen LogP contribution in [-0.2, 0) is 16.0 Å². The van der Waals surface area contributed by atoms with Gasteiger partial charge in [-0.3, -0.25) is 9.59 Å². The molecule has 0 aliphatic heterocycles. The first-order valence-corrected chi connectivity index (χ1v) is 5.89. The lowest BCUT2D eigenvalue weighted by atomic mass is 10.1. The number of hydrogen-bond donors (Lipinski definition) is 1. The third-order valence-electron chi connectivity index (χ3n) is 2.30. The second kappa shape index (κ2) is 6.40. The van der Waals surface area contributed by atoms with Crippen molar-refractivity contribution in [1.29, 1.82) is 0 Å². The first-order valence-electron chi connectivity index (χ1n) is 5.51. The number of carbonyl (C=O) groups excluding carboxylic acids is 2. The molecule has 0 saturated heterocycles. The maximum absolute atomic E-state index is 11.4. The maximum atomic E-state index is 11.4. The summed E-state index contributed by atoms with van der Waals surface area (Å²) < 4.78 is 0. The molecule has 0 aromatic heterocycles. The Morgan fingerprint density at radius 3 is 2.59 bits per heavy atom. The van der Waals surface area contributed by atoms with Gasteiger partial charge in [0.25, 0.3) is 0 Å². The van der Waals surface area contributed by atoms with Crippen molar-refractivity contribution in [3.63, 3.8) is 0 Å². The van der Waals surface area contributed by atoms with Gasteiger partial charge in [-0.1, -0.05) is 29.8 Å². The van der Waals surface area contributed by atoms with Gasteiger partial charge in [0.15, 0.2) is 0 Å². The monoisotopic (exact) mass is 253 g/mol. The fourth-order valence-electron chi connectivity index (χ4n) is 1.60. The molecule has 0 aliphatic rings. The zero-order valence-electron chi connectivity index (χ0n) is 10.00. The van der Waals surface area contributed by atoms with Gasteiger partial charge in [-0.15, -0.1) is 0 Å². The number of rotatable bonds is 5. The maximum Gasteiger partial charge on any atom is 0.227 e. The van der Waals surface area contributed by atoms with Crippen LogP contribution in [0.1, 0.15) is 25.8 Å². The zero-order valence-corrected chi connectivity index (χ0v) is 10.8. The van der Waals surface area contributed by atoms with Gasteiger partial charge < -0.3 is 5.32 Å². The van der Waals surface area contributed by atoms with E-state index in [1.807, 2.05) is 31.2 Å². The van der Waals surface area contributed by atoms with E-state index < -0.39 is 0 Å². The molecule has 17 heavy (non-hydrogen) atoms. The average molecular weight is 254 g/mol. The third-order valence-corrected chi connectivity index (χ3v) is 2.67. The van der Waals surface area contributed by atoms with Gasteiger partial charge in [-0.05, 0) is 31.9 Å². The molecule has 92 valence electrons. The number of ketones is 1. The van der Waals surface area contributed by atoms with Crippen LogP contribution in [0.25, 0.3) is 0 Å². The molecule has 1 N–H and O–H groups in total. The molecule has 1 amide bonds. The van der Waals surface area contributed by atoms with Crippen molar-refractivity contribution in [2.45, 2.75) is 32.7 Å². The van der Waals surface area contributed by atoms with Gasteiger partial charge in [0.1, 0.15) is 5.78 Å². The molecule has 1 aromatic rings. The number of halogens is 1. The second-order valence-corrected chi connectivity index (χ2v) is 4.55. The fraction of sp³-hybridized carbons (Fsp3) is 0.385. The highest BCUT2D eigenvalue weighted by atomic mass is 35.5. The van der Waals surface area contributed by atoms with Crippen molar-refractivity contribution < 1.29 is 9.59 Å². The SMILES string of the molecule is CC(=O)CC(=O)NC(C)Cc1ccccc1Cl. The van der Waals surface area contributed by atoms with Crippen LogP contribution in [0.2, 0.25) is 5.02 Å². The molecular weight excluding hydrogens is 238 g/mol. The lowest BCUT2D eigenvalue weighted by Crippen LogP contribution is -2.34. The molecule has 0 radical (unpaired) electrons. The van der Waals surface area contributed by atoms with E-state index in [-0.39, 0.29) is 24.2 Å². The summed E-state index contributed by atoms with van der Waals surface area (Å²) in [6.07, 6.45) is 0.593. The van der Waals surface area contributed by atoms with E-state index in [9.17, 15) is 9.59 Å². The van der Waals surface area contributed by atoms with Gasteiger partial charge in [-0.25, -0.2) is 0 Å². The van der Waals surface area contributed by atoms with E-state index in [0.29, 0.717) is 11.4 Å². The molecule has 0 bridgehead atoms. The van der Waals surface area contributed by atoms with Crippen LogP contribution in [-0.4, -0.2) is 17.7 Å². The van der Waals surface area contributed by atoms with Crippen LogP contribution < -0.4 is 5.32 Å². The largest absolute Gasteiger partial charge is 0.353 e. The molecule has 0 aliphatic carbocycles. The van der Waals surface area contributed by atoms with E-state index in [4.69, 9.17) is 11.6 Å². The Kier molecular flexibility index (Phi) is 5.16. The number of hydrogen-bond acceptors (Lipinski definition) is 2. The number of benzene rings is 1. The standard InChI is InChI=1S/C13H16ClNO2/c1-9(15-13(17)8-10(2)16)7-11-5-3-4-6-12(11)14/h3-6,9H,7-8H2,1-2H3,(H,15,17). The lowest BCUT2D eigenvalue weighted by molar-refractivity contribution is -0.127. The van der Waals surface area contributed by atoms with Crippen molar-refractivity contribution in [2.24, 2.45) is 0 Å². The number of amides is 1. The van der Waals surface area contributed by atoms with Crippen LogP contribution in [0.4, 0.5) is 0 Å². The summed E-state index contributed by atoms with van der Waals surface area (Å²) >= 11 is 6.02. The molecule has 3 nitrogen and oxygen atoms in total. The number of nitrogens with one attached hydrogen (secondary N) is 1. The van der Waals surface area contributed by atoms with Gasteiger partial charge >= 0.3 is 0 Å². The van der Waals surface area contributed by atoms with E-state index in [0.717, 1.165) is 5.56 Å². The zero-order chi connectivity index (χ0) is 12.8. The lowest BCUT2D eigenvalue weighted by Gasteiger charge is -2.14. The summed E-state index contributed by atoms with van der Waals surface area (Å²) in [5.41, 5.74) is 0.991. The Balaban J connectivity index is 2.50. The topological polar surface area (TPSA) is 46.2 Å². The van der Waals surface area contributed by atoms with Crippen LogP contribution in [0.15, 0.2) is 24.3 Å². The third kappa shape index (κ3) is 5.00. The van der Waals surface area contributed by atoms with Crippen molar-refractivity contribution in [1.82, 2.24) is 5.32 Å². The Morgan fingerprint density at radius 1 is 1.35 bits per heavy atom. The smallest absolute Gasteiger partial charge is 0.227 e. The van der Waals surface area contributed by atoms with Gasteiger partial charge in [-0.2, -0.15) is 0 Å². The van der Waals surface area contributed by atoms with E-state index in [1.165, 1.54) is 6.92 Å². The van der Waals surface area contributed by atoms with Crippen molar-refractivity contribution in [2.75, 3.05) is 0 Å². The highest BCUT2D eigenvalue weighted by molar-refractivity contribution is 6.31. The fourth-order valence-corrected chi connectivity index (χ4v) is 1.81. The molecule has 1 atom stereocenters. The average Bonchev–Trinajstić information content (AvgIpc) is 2.19. The molecule has 0 spiro atoms. The van der Waals surface area contributed by atoms with Gasteiger partial charge in [0.2, 0.25) is 5.91 Å². The predicted octanol–water partition coefficient (Wildman–Crippen LogP) is 2.37. The summed E-state index contributed by atoms with van der Waals surface area (Å²) in [6.45, 7) is 3.29. The number of carbonyl (C=O) groups is 2. The minimum Gasteiger partial charge on any atom is -0.353 e. The molecule has 0 heterocycles. The highest BCUT2D eigenvalue weighted by Gasteiger charge is 2.11. The van der Waals surface area contributed by atoms with Crippen LogP contribution in [0.3, 0.4) is 0 Å². The molecule has 0 fully saturated rings. The van der Waals surface area contributed by atoms with Crippen LogP contribution >= 0.6 is 11.6 Å². The van der Waals surface area contributed by atoms with Gasteiger partial charge in [0, 0.05) is 11.1 Å². The van der Waals surface area contributed by atoms with Crippen molar-refractivity contribution >= 4 is 23.3 Å². The van der Waals surface area contributed by atoms with E-state index >= 15 is 0 Å². The normalized spacial score (nSPS) is 11.9. The van der Waals surface area contributed by atoms with Crippen LogP contribution in [0.5, 0.6) is 0 Å². The first kappa shape index (κ1) is 13.7. The summed E-state index contributed by atoms with van der Waals surface area (Å²) in [5.74, 6) is -0.371. The molecule has 1 aromatic carbocycles. The van der Waals surface area contributed by atoms with Crippen molar-refractivity contribution in [3.05, 3.63) is 34.9 Å². The molecule has 1 rings (SSSR count). The summed E-state index contributed by atoms with van der Waals surface area (Å²) in [4.78, 5) is 22.1. The van der Waals surface area contributed by atoms with Gasteiger partial charge in [0.05, 0.1) is 6.42 Å². The summed E-state index contributed by atoms with van der Waals surface area (Å²) in [7, 11) is 0. The number of Topliss-reactive ketones (excluding diaryl/α,β-unsaturated/α-hetero) is 1.